The van der Waals surface area contributed by atoms with Crippen molar-refractivity contribution in [2.45, 2.75) is 63.8 Å². The third kappa shape index (κ3) is 3.59. The molecule has 0 spiro atoms. The van der Waals surface area contributed by atoms with E-state index in [9.17, 15) is 9.59 Å². The topological polar surface area (TPSA) is 84.7 Å². The Bertz CT molecular complexity index is 372. The van der Waals surface area contributed by atoms with Gasteiger partial charge in [0.2, 0.25) is 5.91 Å². The van der Waals surface area contributed by atoms with E-state index in [1.54, 1.807) is 0 Å². The minimum Gasteiger partial charge on any atom is -0.444 e. The Morgan fingerprint density at radius 1 is 1.42 bits per heavy atom. The minimum atomic E-state index is -0.481. The molecule has 2 amide bonds. The van der Waals surface area contributed by atoms with E-state index in [2.05, 4.69) is 5.32 Å². The molecule has 3 N–H and O–H groups in total. The van der Waals surface area contributed by atoms with Gasteiger partial charge in [-0.1, -0.05) is 0 Å². The summed E-state index contributed by atoms with van der Waals surface area (Å²) in [4.78, 5) is 25.1. The molecule has 0 radical (unpaired) electrons. The van der Waals surface area contributed by atoms with Gasteiger partial charge in [-0.2, -0.15) is 0 Å². The Kier molecular flexibility index (Phi) is 3.71. The molecule has 1 aliphatic heterocycles. The van der Waals surface area contributed by atoms with E-state index in [-0.39, 0.29) is 30.1 Å². The number of likely N-dealkylation sites (tertiary alicyclic amines) is 1. The zero-order valence-corrected chi connectivity index (χ0v) is 11.8. The van der Waals surface area contributed by atoms with Crippen LogP contribution in [0, 0.1) is 0 Å². The summed E-state index contributed by atoms with van der Waals surface area (Å²) >= 11 is 0. The molecule has 0 bridgehead atoms. The molecule has 0 aromatic heterocycles. The van der Waals surface area contributed by atoms with Crippen LogP contribution in [0.5, 0.6) is 0 Å². The SMILES string of the molecule is CC(C)(C)OC(=O)N[C@H]1C[C@H](N2C[C@@H](N)CC2=O)C1. The van der Waals surface area contributed by atoms with Gasteiger partial charge in [0.05, 0.1) is 0 Å². The molecule has 1 aliphatic carbocycles. The quantitative estimate of drug-likeness (QED) is 0.769. The minimum absolute atomic E-state index is 0.0367. The van der Waals surface area contributed by atoms with Crippen molar-refractivity contribution < 1.29 is 14.3 Å². The fourth-order valence-electron chi connectivity index (χ4n) is 2.55. The molecule has 1 atom stereocenters. The molecule has 1 saturated heterocycles. The standard InChI is InChI=1S/C13H23N3O3/c1-13(2,3)19-12(18)15-9-5-10(6-9)16-7-8(14)4-11(16)17/h8-10H,4-7,14H2,1-3H3,(H,15,18)/t8-,9-,10-/m0/s1. The number of nitrogens with two attached hydrogens (primary N) is 1. The first-order chi connectivity index (χ1) is 8.74. The van der Waals surface area contributed by atoms with Gasteiger partial charge in [0, 0.05) is 31.1 Å². The number of hydrogen-bond donors (Lipinski definition) is 2. The van der Waals surface area contributed by atoms with Crippen LogP contribution in [0.15, 0.2) is 0 Å². The molecular formula is C13H23N3O3. The van der Waals surface area contributed by atoms with Gasteiger partial charge in [-0.3, -0.25) is 4.79 Å². The third-order valence-electron chi connectivity index (χ3n) is 3.46. The first kappa shape index (κ1) is 14.1. The zero-order chi connectivity index (χ0) is 14.2. The predicted molar refractivity (Wildman–Crippen MR) is 70.5 cm³/mol. The van der Waals surface area contributed by atoms with E-state index in [0.717, 1.165) is 12.8 Å². The molecule has 1 heterocycles. The summed E-state index contributed by atoms with van der Waals surface area (Å²) < 4.78 is 5.19. The van der Waals surface area contributed by atoms with Crippen molar-refractivity contribution in [1.29, 1.82) is 0 Å². The molecule has 108 valence electrons. The van der Waals surface area contributed by atoms with Gasteiger partial charge in [-0.15, -0.1) is 0 Å². The summed E-state index contributed by atoms with van der Waals surface area (Å²) in [6.45, 7) is 6.14. The monoisotopic (exact) mass is 269 g/mol. The molecule has 19 heavy (non-hydrogen) atoms. The highest BCUT2D eigenvalue weighted by Gasteiger charge is 2.40. The summed E-state index contributed by atoms with van der Waals surface area (Å²) in [7, 11) is 0. The van der Waals surface area contributed by atoms with Crippen molar-refractivity contribution in [3.63, 3.8) is 0 Å². The Balaban J connectivity index is 1.72. The molecule has 6 heteroatoms. The number of rotatable bonds is 2. The smallest absolute Gasteiger partial charge is 0.407 e. The molecule has 0 unspecified atom stereocenters. The second-order valence-corrected chi connectivity index (χ2v) is 6.48. The Labute approximate surface area is 113 Å². The van der Waals surface area contributed by atoms with Crippen molar-refractivity contribution in [1.82, 2.24) is 10.2 Å². The molecule has 2 rings (SSSR count). The molecule has 2 fully saturated rings. The van der Waals surface area contributed by atoms with Crippen LogP contribution in [0.4, 0.5) is 4.79 Å². The summed E-state index contributed by atoms with van der Waals surface area (Å²) in [5, 5.41) is 2.82. The van der Waals surface area contributed by atoms with Crippen LogP contribution >= 0.6 is 0 Å². The second kappa shape index (κ2) is 5.00. The molecule has 0 aromatic carbocycles. The number of amides is 2. The highest BCUT2D eigenvalue weighted by Crippen LogP contribution is 2.29. The number of nitrogens with zero attached hydrogens (tertiary/aromatic N) is 1. The molecule has 6 nitrogen and oxygen atoms in total. The lowest BCUT2D eigenvalue weighted by Crippen LogP contribution is -2.55. The number of hydrogen-bond acceptors (Lipinski definition) is 4. The Morgan fingerprint density at radius 2 is 2.05 bits per heavy atom. The average molecular weight is 269 g/mol. The first-order valence-electron chi connectivity index (χ1n) is 6.79. The molecule has 0 aromatic rings. The number of alkyl carbamates (subject to hydrolysis) is 1. The second-order valence-electron chi connectivity index (χ2n) is 6.48. The Morgan fingerprint density at radius 3 is 2.53 bits per heavy atom. The average Bonchev–Trinajstić information content (AvgIpc) is 2.47. The zero-order valence-electron chi connectivity index (χ0n) is 11.8. The van der Waals surface area contributed by atoms with Crippen LogP contribution < -0.4 is 11.1 Å². The number of carbonyl (C=O) groups is 2. The van der Waals surface area contributed by atoms with Crippen LogP contribution in [-0.4, -0.2) is 47.2 Å². The van der Waals surface area contributed by atoms with Crippen molar-refractivity contribution >= 4 is 12.0 Å². The molecule has 1 saturated carbocycles. The van der Waals surface area contributed by atoms with Crippen molar-refractivity contribution in [2.24, 2.45) is 5.73 Å². The van der Waals surface area contributed by atoms with E-state index in [4.69, 9.17) is 10.5 Å². The van der Waals surface area contributed by atoms with Gasteiger partial charge in [-0.25, -0.2) is 4.79 Å². The van der Waals surface area contributed by atoms with Crippen molar-refractivity contribution in [3.05, 3.63) is 0 Å². The van der Waals surface area contributed by atoms with Gasteiger partial charge in [0.1, 0.15) is 5.60 Å². The van der Waals surface area contributed by atoms with Gasteiger partial charge in [-0.05, 0) is 33.6 Å². The van der Waals surface area contributed by atoms with Crippen LogP contribution in [-0.2, 0) is 9.53 Å². The maximum atomic E-state index is 11.7. The van der Waals surface area contributed by atoms with Gasteiger partial charge < -0.3 is 20.7 Å². The third-order valence-corrected chi connectivity index (χ3v) is 3.46. The van der Waals surface area contributed by atoms with Gasteiger partial charge in [0.25, 0.3) is 0 Å². The normalized spacial score (nSPS) is 31.1. The van der Waals surface area contributed by atoms with Gasteiger partial charge in [0.15, 0.2) is 0 Å². The Hall–Kier alpha value is -1.30. The van der Waals surface area contributed by atoms with E-state index in [0.29, 0.717) is 13.0 Å². The fraction of sp³-hybridized carbons (Fsp3) is 0.846. The number of nitrogens with one attached hydrogen (secondary N) is 1. The van der Waals surface area contributed by atoms with E-state index in [1.165, 1.54) is 0 Å². The largest absolute Gasteiger partial charge is 0.444 e. The maximum absolute atomic E-state index is 11.7. The lowest BCUT2D eigenvalue weighted by molar-refractivity contribution is -0.131. The van der Waals surface area contributed by atoms with E-state index < -0.39 is 5.60 Å². The van der Waals surface area contributed by atoms with Crippen molar-refractivity contribution in [3.8, 4) is 0 Å². The van der Waals surface area contributed by atoms with Gasteiger partial charge >= 0.3 is 6.09 Å². The highest BCUT2D eigenvalue weighted by molar-refractivity contribution is 5.79. The molecular weight excluding hydrogens is 246 g/mol. The van der Waals surface area contributed by atoms with Crippen LogP contribution in [0.25, 0.3) is 0 Å². The summed E-state index contributed by atoms with van der Waals surface area (Å²) in [6, 6.07) is 0.288. The summed E-state index contributed by atoms with van der Waals surface area (Å²) in [5.74, 6) is 0.133. The molecule has 2 aliphatic rings. The first-order valence-corrected chi connectivity index (χ1v) is 6.79. The van der Waals surface area contributed by atoms with Crippen LogP contribution in [0.2, 0.25) is 0 Å². The van der Waals surface area contributed by atoms with Crippen molar-refractivity contribution in [2.75, 3.05) is 6.54 Å². The fourth-order valence-corrected chi connectivity index (χ4v) is 2.55. The number of ether oxygens (including phenoxy) is 1. The lowest BCUT2D eigenvalue weighted by atomic mass is 9.85. The predicted octanol–water partition coefficient (Wildman–Crippen LogP) is 0.602. The maximum Gasteiger partial charge on any atom is 0.407 e. The van der Waals surface area contributed by atoms with Crippen LogP contribution in [0.1, 0.15) is 40.0 Å². The number of carbonyl (C=O) groups excluding carboxylic acids is 2. The van der Waals surface area contributed by atoms with E-state index in [1.807, 2.05) is 25.7 Å². The highest BCUT2D eigenvalue weighted by atomic mass is 16.6. The lowest BCUT2D eigenvalue weighted by Gasteiger charge is -2.41. The summed E-state index contributed by atoms with van der Waals surface area (Å²) in [5.41, 5.74) is 5.28. The summed E-state index contributed by atoms with van der Waals surface area (Å²) in [6.07, 6.45) is 1.64. The van der Waals surface area contributed by atoms with E-state index >= 15 is 0 Å². The van der Waals surface area contributed by atoms with Crippen LogP contribution in [0.3, 0.4) is 0 Å².